The fourth-order valence-electron chi connectivity index (χ4n) is 4.80. The second-order valence-electron chi connectivity index (χ2n) is 9.44. The van der Waals surface area contributed by atoms with Crippen LogP contribution in [0.4, 0.5) is 0 Å². The van der Waals surface area contributed by atoms with Gasteiger partial charge in [-0.05, 0) is 60.2 Å². The van der Waals surface area contributed by atoms with Gasteiger partial charge in [-0.3, -0.25) is 4.90 Å². The molecule has 2 unspecified atom stereocenters. The lowest BCUT2D eigenvalue weighted by Crippen LogP contribution is -2.45. The van der Waals surface area contributed by atoms with Crippen LogP contribution in [0, 0.1) is 0 Å². The van der Waals surface area contributed by atoms with E-state index in [1.807, 2.05) is 41.3 Å². The smallest absolute Gasteiger partial charge is 0.264 e. The van der Waals surface area contributed by atoms with Gasteiger partial charge < -0.3 is 18.7 Å². The first kappa shape index (κ1) is 28.8. The summed E-state index contributed by atoms with van der Waals surface area (Å²) in [4.78, 5) is 7.17. The third-order valence-electron chi connectivity index (χ3n) is 6.98. The van der Waals surface area contributed by atoms with Crippen LogP contribution in [0.5, 0.6) is 11.5 Å². The van der Waals surface area contributed by atoms with E-state index >= 15 is 0 Å². The van der Waals surface area contributed by atoms with Gasteiger partial charge in [-0.2, -0.15) is 4.98 Å². The predicted molar refractivity (Wildman–Crippen MR) is 158 cm³/mol. The van der Waals surface area contributed by atoms with Crippen molar-refractivity contribution in [3.05, 3.63) is 89.8 Å². The minimum Gasteiger partial charge on any atom is -0.496 e. The number of hydrogen-bond donors (Lipinski definition) is 0. The molecule has 1 aromatic heterocycles. The fraction of sp³-hybridized carbons (Fsp3) is 0.333. The Morgan fingerprint density at radius 3 is 2.52 bits per heavy atom. The molecule has 0 N–H and O–H groups in total. The summed E-state index contributed by atoms with van der Waals surface area (Å²) >= 11 is 14.2. The van der Waals surface area contributed by atoms with E-state index in [0.717, 1.165) is 24.1 Å². The van der Waals surface area contributed by atoms with E-state index < -0.39 is 4.96 Å². The van der Waals surface area contributed by atoms with Crippen LogP contribution in [-0.2, 0) is 18.0 Å². The van der Waals surface area contributed by atoms with E-state index in [0.29, 0.717) is 36.4 Å². The summed E-state index contributed by atoms with van der Waals surface area (Å²) < 4.78 is 23.2. The number of piperidine rings is 1. The average molecular weight is 601 g/mol. The van der Waals surface area contributed by atoms with Crippen LogP contribution >= 0.6 is 35.0 Å². The van der Waals surface area contributed by atoms with Crippen LogP contribution in [0.25, 0.3) is 11.4 Å². The second kappa shape index (κ2) is 13.7. The van der Waals surface area contributed by atoms with E-state index in [9.17, 15) is 0 Å². The topological polar surface area (TPSA) is 69.9 Å². The largest absolute Gasteiger partial charge is 0.496 e. The maximum Gasteiger partial charge on any atom is 0.264 e. The third-order valence-corrected chi connectivity index (χ3v) is 8.27. The zero-order valence-electron chi connectivity index (χ0n) is 22.3. The van der Waals surface area contributed by atoms with Crippen molar-refractivity contribution >= 4 is 35.0 Å². The Bertz CT molecular complexity index is 1370. The fourth-order valence-corrected chi connectivity index (χ4v) is 5.56. The molecule has 4 aromatic rings. The summed E-state index contributed by atoms with van der Waals surface area (Å²) in [5.74, 6) is 2.45. The molecule has 7 nitrogen and oxygen atoms in total. The predicted octanol–water partition coefficient (Wildman–Crippen LogP) is 7.18. The van der Waals surface area contributed by atoms with Crippen molar-refractivity contribution in [3.63, 3.8) is 0 Å². The molecule has 5 rings (SSSR count). The second-order valence-corrected chi connectivity index (χ2v) is 11.4. The number of halogens is 2. The molecule has 1 aliphatic heterocycles. The van der Waals surface area contributed by atoms with Crippen molar-refractivity contribution in [1.29, 1.82) is 0 Å². The van der Waals surface area contributed by atoms with E-state index in [4.69, 9.17) is 41.9 Å². The van der Waals surface area contributed by atoms with Gasteiger partial charge in [-0.1, -0.05) is 64.8 Å². The molecule has 0 amide bonds. The summed E-state index contributed by atoms with van der Waals surface area (Å²) in [7, 11) is 1.61. The zero-order chi connectivity index (χ0) is 27.9. The van der Waals surface area contributed by atoms with Crippen LogP contribution in [-0.4, -0.2) is 52.6 Å². The number of rotatable bonds is 11. The highest BCUT2D eigenvalue weighted by Crippen LogP contribution is 2.34. The van der Waals surface area contributed by atoms with Gasteiger partial charge in [-0.25, -0.2) is 0 Å². The molecule has 3 aromatic carbocycles. The van der Waals surface area contributed by atoms with Crippen molar-refractivity contribution in [3.8, 4) is 22.9 Å². The van der Waals surface area contributed by atoms with E-state index in [1.54, 1.807) is 18.9 Å². The van der Waals surface area contributed by atoms with E-state index in [-0.39, 0.29) is 18.6 Å². The van der Waals surface area contributed by atoms with Crippen molar-refractivity contribution in [2.45, 2.75) is 41.5 Å². The van der Waals surface area contributed by atoms with Gasteiger partial charge >= 0.3 is 0 Å². The first-order chi connectivity index (χ1) is 19.5. The molecule has 0 radical (unpaired) electrons. The Morgan fingerprint density at radius 2 is 1.80 bits per heavy atom. The highest BCUT2D eigenvalue weighted by atomic mass is 35.5. The molecule has 2 heterocycles. The molecule has 1 fully saturated rings. The molecular formula is C30H31Cl2N3O4S. The van der Waals surface area contributed by atoms with Crippen molar-refractivity contribution in [1.82, 2.24) is 15.0 Å². The molecule has 1 aliphatic rings. The van der Waals surface area contributed by atoms with Crippen molar-refractivity contribution in [2.75, 3.05) is 26.5 Å². The molecule has 0 aliphatic carbocycles. The Labute approximate surface area is 248 Å². The first-order valence-corrected chi connectivity index (χ1v) is 15.1. The van der Waals surface area contributed by atoms with Crippen LogP contribution < -0.4 is 9.47 Å². The number of ether oxygens (including phenoxy) is 3. The number of methoxy groups -OCH3 is 1. The minimum atomic E-state index is -0.558. The average Bonchev–Trinajstić information content (AvgIpc) is 3.48. The number of para-hydroxylation sites is 1. The van der Waals surface area contributed by atoms with Crippen LogP contribution in [0.2, 0.25) is 0 Å². The summed E-state index contributed by atoms with van der Waals surface area (Å²) in [6.07, 6.45) is 2.91. The molecule has 0 bridgehead atoms. The Hall–Kier alpha value is -2.75. The third kappa shape index (κ3) is 7.11. The van der Waals surface area contributed by atoms with Crippen molar-refractivity contribution in [2.24, 2.45) is 0 Å². The quantitative estimate of drug-likeness (QED) is 0.102. The maximum absolute atomic E-state index is 6.45. The lowest BCUT2D eigenvalue weighted by Gasteiger charge is -2.39. The summed E-state index contributed by atoms with van der Waals surface area (Å²) in [6.45, 7) is 2.15. The van der Waals surface area contributed by atoms with Crippen LogP contribution in [0.3, 0.4) is 0 Å². The summed E-state index contributed by atoms with van der Waals surface area (Å²) in [5.41, 5.74) is 3.09. The monoisotopic (exact) mass is 599 g/mol. The minimum absolute atomic E-state index is 0.0486. The van der Waals surface area contributed by atoms with Gasteiger partial charge in [-0.15, -0.1) is 11.8 Å². The number of hydrogen-bond acceptors (Lipinski definition) is 8. The van der Waals surface area contributed by atoms with Gasteiger partial charge in [0.1, 0.15) is 11.5 Å². The molecule has 40 heavy (non-hydrogen) atoms. The highest BCUT2D eigenvalue weighted by Gasteiger charge is 2.33. The standard InChI is InChI=1S/C30H31Cl2N3O4S/c1-36-26-6-4-3-5-25(26)29-33-28(39-34-29)19-37-22-11-9-21(10-12-22)24-15-16-35(30(31)32)17-27(24)38-18-20-7-13-23(40-2)14-8-20/h3-14,24,27,30H,15-19H2,1-2H3. The number of alkyl halides is 2. The summed E-state index contributed by atoms with van der Waals surface area (Å²) in [6, 6.07) is 24.1. The van der Waals surface area contributed by atoms with Gasteiger partial charge in [0, 0.05) is 23.9 Å². The van der Waals surface area contributed by atoms with E-state index in [2.05, 4.69) is 52.8 Å². The van der Waals surface area contributed by atoms with Crippen LogP contribution in [0.15, 0.2) is 82.2 Å². The highest BCUT2D eigenvalue weighted by molar-refractivity contribution is 7.98. The SMILES string of the molecule is COc1ccccc1-c1noc(COc2ccc(C3CCN(C(Cl)Cl)CC3OCc3ccc(SC)cc3)cc2)n1. The molecule has 0 saturated carbocycles. The van der Waals surface area contributed by atoms with Crippen LogP contribution in [0.1, 0.15) is 29.4 Å². The zero-order valence-corrected chi connectivity index (χ0v) is 24.7. The van der Waals surface area contributed by atoms with Gasteiger partial charge in [0.2, 0.25) is 5.82 Å². The first-order valence-electron chi connectivity index (χ1n) is 13.0. The van der Waals surface area contributed by atoms with Gasteiger partial charge in [0.15, 0.2) is 11.6 Å². The number of likely N-dealkylation sites (tertiary alicyclic amines) is 1. The summed E-state index contributed by atoms with van der Waals surface area (Å²) in [5, 5.41) is 4.07. The lowest BCUT2D eigenvalue weighted by atomic mass is 9.87. The maximum atomic E-state index is 6.45. The molecule has 2 atom stereocenters. The Balaban J connectivity index is 1.22. The molecule has 10 heteroatoms. The number of nitrogens with zero attached hydrogens (tertiary/aromatic N) is 3. The number of thioether (sulfide) groups is 1. The Morgan fingerprint density at radius 1 is 1.02 bits per heavy atom. The molecule has 210 valence electrons. The Kier molecular flexibility index (Phi) is 9.88. The molecule has 0 spiro atoms. The number of aromatic nitrogens is 2. The lowest BCUT2D eigenvalue weighted by molar-refractivity contribution is -0.0226. The van der Waals surface area contributed by atoms with Gasteiger partial charge in [0.25, 0.3) is 5.89 Å². The van der Waals surface area contributed by atoms with Crippen molar-refractivity contribution < 1.29 is 18.7 Å². The van der Waals surface area contributed by atoms with E-state index in [1.165, 1.54) is 10.5 Å². The number of benzene rings is 3. The molecular weight excluding hydrogens is 569 g/mol. The normalized spacial score (nSPS) is 17.7. The molecule has 1 saturated heterocycles. The van der Waals surface area contributed by atoms with Gasteiger partial charge in [0.05, 0.1) is 25.4 Å².